The first-order chi connectivity index (χ1) is 11.8. The van der Waals surface area contributed by atoms with Crippen LogP contribution in [0.3, 0.4) is 0 Å². The van der Waals surface area contributed by atoms with Crippen molar-refractivity contribution in [3.63, 3.8) is 0 Å². The number of amides is 2. The van der Waals surface area contributed by atoms with Gasteiger partial charge >= 0.3 is 0 Å². The van der Waals surface area contributed by atoms with E-state index in [1.54, 1.807) is 6.92 Å². The van der Waals surface area contributed by atoms with E-state index in [2.05, 4.69) is 10.6 Å². The van der Waals surface area contributed by atoms with Gasteiger partial charge in [0, 0.05) is 11.4 Å². The van der Waals surface area contributed by atoms with Crippen LogP contribution in [0.2, 0.25) is 5.02 Å². The van der Waals surface area contributed by atoms with Gasteiger partial charge in [0.05, 0.1) is 16.0 Å². The third-order valence-electron chi connectivity index (χ3n) is 3.36. The van der Waals surface area contributed by atoms with E-state index in [0.29, 0.717) is 11.4 Å². The summed E-state index contributed by atoms with van der Waals surface area (Å²) in [5.41, 5.74) is 2.24. The molecule has 2 rings (SSSR count). The van der Waals surface area contributed by atoms with Crippen molar-refractivity contribution in [1.82, 2.24) is 0 Å². The van der Waals surface area contributed by atoms with Gasteiger partial charge in [-0.2, -0.15) is 0 Å². The van der Waals surface area contributed by atoms with Crippen LogP contribution in [0.25, 0.3) is 0 Å². The number of nitrogens with one attached hydrogen (secondary N) is 2. The second-order valence-corrected chi connectivity index (χ2v) is 7.22. The molecule has 0 saturated heterocycles. The van der Waals surface area contributed by atoms with Crippen LogP contribution in [0.1, 0.15) is 12.5 Å². The van der Waals surface area contributed by atoms with Gasteiger partial charge in [0.1, 0.15) is 5.82 Å². The van der Waals surface area contributed by atoms with Crippen LogP contribution < -0.4 is 10.6 Å². The average molecular weight is 381 g/mol. The van der Waals surface area contributed by atoms with Crippen LogP contribution in [-0.2, 0) is 9.59 Å². The fourth-order valence-electron chi connectivity index (χ4n) is 1.93. The summed E-state index contributed by atoms with van der Waals surface area (Å²) in [4.78, 5) is 24.1. The summed E-state index contributed by atoms with van der Waals surface area (Å²) in [5.74, 6) is -0.865. The molecule has 132 valence electrons. The first-order valence-corrected chi connectivity index (χ1v) is 9.02. The number of halogens is 2. The molecular formula is C18H18ClFN2O2S. The van der Waals surface area contributed by atoms with E-state index in [9.17, 15) is 14.0 Å². The summed E-state index contributed by atoms with van der Waals surface area (Å²) >= 11 is 6.89. The molecule has 0 bridgehead atoms. The van der Waals surface area contributed by atoms with Crippen molar-refractivity contribution in [1.29, 1.82) is 0 Å². The van der Waals surface area contributed by atoms with Crippen LogP contribution in [0.15, 0.2) is 42.5 Å². The predicted octanol–water partition coefficient (Wildman–Crippen LogP) is 4.49. The van der Waals surface area contributed by atoms with Crippen molar-refractivity contribution in [3.8, 4) is 0 Å². The maximum Gasteiger partial charge on any atom is 0.237 e. The molecule has 4 nitrogen and oxygen atoms in total. The molecule has 0 aliphatic carbocycles. The van der Waals surface area contributed by atoms with Crippen molar-refractivity contribution in [2.75, 3.05) is 16.4 Å². The highest BCUT2D eigenvalue weighted by Gasteiger charge is 2.16. The Bertz CT molecular complexity index is 768. The van der Waals surface area contributed by atoms with Crippen molar-refractivity contribution in [2.24, 2.45) is 0 Å². The quantitative estimate of drug-likeness (QED) is 0.776. The first-order valence-electron chi connectivity index (χ1n) is 7.59. The van der Waals surface area contributed by atoms with Gasteiger partial charge in [-0.3, -0.25) is 9.59 Å². The molecule has 0 spiro atoms. The smallest absolute Gasteiger partial charge is 0.237 e. The third-order valence-corrected chi connectivity index (χ3v) is 4.79. The molecule has 0 aliphatic heterocycles. The number of carbonyl (C=O) groups excluding carboxylic acids is 2. The fourth-order valence-corrected chi connectivity index (χ4v) is 2.79. The largest absolute Gasteiger partial charge is 0.325 e. The highest BCUT2D eigenvalue weighted by molar-refractivity contribution is 8.01. The van der Waals surface area contributed by atoms with Crippen molar-refractivity contribution in [3.05, 3.63) is 58.9 Å². The van der Waals surface area contributed by atoms with E-state index in [4.69, 9.17) is 11.6 Å². The van der Waals surface area contributed by atoms with E-state index in [1.807, 2.05) is 31.2 Å². The minimum absolute atomic E-state index is 0.0596. The molecule has 0 aromatic heterocycles. The highest BCUT2D eigenvalue weighted by Crippen LogP contribution is 2.21. The first kappa shape index (κ1) is 19.3. The number of rotatable bonds is 6. The summed E-state index contributed by atoms with van der Waals surface area (Å²) < 4.78 is 13.1. The molecule has 2 amide bonds. The van der Waals surface area contributed by atoms with E-state index in [1.165, 1.54) is 30.0 Å². The van der Waals surface area contributed by atoms with Crippen molar-refractivity contribution >= 4 is 46.6 Å². The van der Waals surface area contributed by atoms with Crippen molar-refractivity contribution < 1.29 is 14.0 Å². The van der Waals surface area contributed by atoms with Gasteiger partial charge in [0.15, 0.2) is 0 Å². The van der Waals surface area contributed by atoms with Gasteiger partial charge in [0.25, 0.3) is 0 Å². The normalized spacial score (nSPS) is 11.7. The van der Waals surface area contributed by atoms with Crippen LogP contribution in [-0.4, -0.2) is 22.8 Å². The maximum absolute atomic E-state index is 13.1. The second kappa shape index (κ2) is 8.87. The Kier molecular flexibility index (Phi) is 6.84. The predicted molar refractivity (Wildman–Crippen MR) is 102 cm³/mol. The Morgan fingerprint density at radius 3 is 2.40 bits per heavy atom. The van der Waals surface area contributed by atoms with E-state index in [-0.39, 0.29) is 22.6 Å². The molecule has 2 aromatic carbocycles. The summed E-state index contributed by atoms with van der Waals surface area (Å²) in [7, 11) is 0. The zero-order valence-corrected chi connectivity index (χ0v) is 15.4. The molecule has 0 radical (unpaired) electrons. The standard InChI is InChI=1S/C18H18ClFN2O2S/c1-11-3-5-13(6-4-11)21-17(23)10-25-12(2)18(24)22-14-7-8-16(20)15(19)9-14/h3-9,12H,10H2,1-2H3,(H,21,23)(H,22,24)/t12-/m1/s1. The Hall–Kier alpha value is -2.05. The maximum atomic E-state index is 13.1. The van der Waals surface area contributed by atoms with Gasteiger partial charge in [-0.25, -0.2) is 4.39 Å². The highest BCUT2D eigenvalue weighted by atomic mass is 35.5. The minimum Gasteiger partial charge on any atom is -0.325 e. The Morgan fingerprint density at radius 2 is 1.76 bits per heavy atom. The monoisotopic (exact) mass is 380 g/mol. The second-order valence-electron chi connectivity index (χ2n) is 5.49. The Morgan fingerprint density at radius 1 is 1.12 bits per heavy atom. The van der Waals surface area contributed by atoms with Gasteiger partial charge < -0.3 is 10.6 Å². The lowest BCUT2D eigenvalue weighted by atomic mass is 10.2. The average Bonchev–Trinajstić information content (AvgIpc) is 2.58. The van der Waals surface area contributed by atoms with E-state index >= 15 is 0 Å². The number of benzene rings is 2. The van der Waals surface area contributed by atoms with Crippen LogP contribution in [0, 0.1) is 12.7 Å². The molecule has 1 atom stereocenters. The van der Waals surface area contributed by atoms with Crippen LogP contribution >= 0.6 is 23.4 Å². The molecule has 2 aromatic rings. The molecule has 0 saturated carbocycles. The lowest BCUT2D eigenvalue weighted by molar-refractivity contribution is -0.115. The number of hydrogen-bond donors (Lipinski definition) is 2. The number of thioether (sulfide) groups is 1. The van der Waals surface area contributed by atoms with Gasteiger partial charge in [-0.1, -0.05) is 29.3 Å². The summed E-state index contributed by atoms with van der Waals surface area (Å²) in [5, 5.41) is 4.91. The molecular weight excluding hydrogens is 363 g/mol. The molecule has 0 heterocycles. The molecule has 25 heavy (non-hydrogen) atoms. The Balaban J connectivity index is 1.81. The molecule has 0 aliphatic rings. The molecule has 7 heteroatoms. The lowest BCUT2D eigenvalue weighted by Crippen LogP contribution is -2.25. The van der Waals surface area contributed by atoms with E-state index in [0.717, 1.165) is 5.56 Å². The van der Waals surface area contributed by atoms with E-state index < -0.39 is 11.1 Å². The minimum atomic E-state index is -0.546. The topological polar surface area (TPSA) is 58.2 Å². The Labute approximate surface area is 155 Å². The fraction of sp³-hybridized carbons (Fsp3) is 0.222. The summed E-state index contributed by atoms with van der Waals surface area (Å²) in [6, 6.07) is 11.4. The third kappa shape index (κ3) is 6.07. The summed E-state index contributed by atoms with van der Waals surface area (Å²) in [6.07, 6.45) is 0. The SMILES string of the molecule is Cc1ccc(NC(=O)CS[C@H](C)C(=O)Nc2ccc(F)c(Cl)c2)cc1. The number of aryl methyl sites for hydroxylation is 1. The lowest BCUT2D eigenvalue weighted by Gasteiger charge is -2.12. The number of hydrogen-bond acceptors (Lipinski definition) is 3. The molecule has 0 unspecified atom stereocenters. The number of anilines is 2. The van der Waals surface area contributed by atoms with Gasteiger partial charge in [-0.15, -0.1) is 11.8 Å². The molecule has 0 fully saturated rings. The zero-order valence-electron chi connectivity index (χ0n) is 13.8. The van der Waals surface area contributed by atoms with Crippen LogP contribution in [0.5, 0.6) is 0 Å². The van der Waals surface area contributed by atoms with Gasteiger partial charge in [-0.05, 0) is 44.2 Å². The summed E-state index contributed by atoms with van der Waals surface area (Å²) in [6.45, 7) is 3.67. The van der Waals surface area contributed by atoms with Gasteiger partial charge in [0.2, 0.25) is 11.8 Å². The van der Waals surface area contributed by atoms with Crippen molar-refractivity contribution in [2.45, 2.75) is 19.1 Å². The number of carbonyl (C=O) groups is 2. The molecule has 2 N–H and O–H groups in total. The zero-order chi connectivity index (χ0) is 18.4. The van der Waals surface area contributed by atoms with Crippen LogP contribution in [0.4, 0.5) is 15.8 Å².